The number of pyridine rings is 2. The molecule has 8 nitrogen and oxygen atoms in total. The zero-order chi connectivity index (χ0) is 24.2. The van der Waals surface area contributed by atoms with E-state index in [0.29, 0.717) is 12.3 Å². The lowest BCUT2D eigenvalue weighted by molar-refractivity contribution is -0.125. The Morgan fingerprint density at radius 1 is 1.17 bits per heavy atom. The predicted octanol–water partition coefficient (Wildman–Crippen LogP) is 4.51. The van der Waals surface area contributed by atoms with E-state index in [-0.39, 0.29) is 5.91 Å². The van der Waals surface area contributed by atoms with Crippen molar-refractivity contribution >= 4 is 28.8 Å². The van der Waals surface area contributed by atoms with Crippen LogP contribution in [0.25, 0.3) is 17.0 Å². The van der Waals surface area contributed by atoms with E-state index in [1.807, 2.05) is 31.2 Å². The highest BCUT2D eigenvalue weighted by molar-refractivity contribution is 5.91. The van der Waals surface area contributed by atoms with Gasteiger partial charge >= 0.3 is 0 Å². The number of carbonyl (C=O) groups excluding carboxylic acids is 1. The molecule has 8 heteroatoms. The van der Waals surface area contributed by atoms with Crippen molar-refractivity contribution in [2.24, 2.45) is 0 Å². The van der Waals surface area contributed by atoms with Crippen molar-refractivity contribution in [2.75, 3.05) is 25.5 Å². The summed E-state index contributed by atoms with van der Waals surface area (Å²) in [5.41, 5.74) is 3.72. The molecule has 1 amide bonds. The summed E-state index contributed by atoms with van der Waals surface area (Å²) in [5, 5.41) is 7.61. The fraction of sp³-hybridized carbons (Fsp3) is 0.222. The minimum Gasteiger partial charge on any atom is -0.459 e. The first-order valence-electron chi connectivity index (χ1n) is 11.5. The summed E-state index contributed by atoms with van der Waals surface area (Å²) in [7, 11) is 1.76. The van der Waals surface area contributed by atoms with Gasteiger partial charge in [0, 0.05) is 67.9 Å². The molecule has 0 saturated carbocycles. The standard InChI is InChI=1S/C27H27N5O3/c1-18-23-14-22(34-21-7-9-28-10-8-21)4-5-24(23)35-25(18)17-32(2)26(33)6-3-19-13-20-16-29-11-12-30-27(20)31-15-19/h3-10,13-15,29H,11-12,16-17H2,1-2H3,(H,30,31)/b6-3+. The van der Waals surface area contributed by atoms with Gasteiger partial charge in [0.15, 0.2) is 0 Å². The smallest absolute Gasteiger partial charge is 0.246 e. The number of amides is 1. The Morgan fingerprint density at radius 2 is 2.03 bits per heavy atom. The summed E-state index contributed by atoms with van der Waals surface area (Å²) < 4.78 is 12.0. The number of anilines is 1. The van der Waals surface area contributed by atoms with Crippen LogP contribution in [-0.2, 0) is 17.9 Å². The first kappa shape index (κ1) is 22.6. The number of aryl methyl sites for hydroxylation is 1. The van der Waals surface area contributed by atoms with Crippen LogP contribution in [0, 0.1) is 6.92 Å². The lowest BCUT2D eigenvalue weighted by Crippen LogP contribution is -2.24. The topological polar surface area (TPSA) is 92.5 Å². The molecule has 4 aromatic rings. The number of benzene rings is 1. The monoisotopic (exact) mass is 469 g/mol. The van der Waals surface area contributed by atoms with Gasteiger partial charge in [-0.15, -0.1) is 0 Å². The van der Waals surface area contributed by atoms with Gasteiger partial charge in [-0.3, -0.25) is 9.78 Å². The molecule has 0 atom stereocenters. The lowest BCUT2D eigenvalue weighted by atomic mass is 10.1. The number of nitrogens with one attached hydrogen (secondary N) is 2. The third-order valence-corrected chi connectivity index (χ3v) is 5.96. The maximum atomic E-state index is 12.8. The minimum atomic E-state index is -0.113. The van der Waals surface area contributed by atoms with Gasteiger partial charge in [-0.05, 0) is 55.0 Å². The Labute approximate surface area is 203 Å². The summed E-state index contributed by atoms with van der Waals surface area (Å²) in [6.45, 7) is 4.85. The first-order chi connectivity index (χ1) is 17.1. The second-order valence-corrected chi connectivity index (χ2v) is 8.50. The summed E-state index contributed by atoms with van der Waals surface area (Å²) in [4.78, 5) is 22.9. The summed E-state index contributed by atoms with van der Waals surface area (Å²) in [5.74, 6) is 2.96. The predicted molar refractivity (Wildman–Crippen MR) is 135 cm³/mol. The Bertz CT molecular complexity index is 1380. The number of hydrogen-bond donors (Lipinski definition) is 2. The van der Waals surface area contributed by atoms with E-state index < -0.39 is 0 Å². The highest BCUT2D eigenvalue weighted by Gasteiger charge is 2.16. The van der Waals surface area contributed by atoms with Crippen molar-refractivity contribution in [3.8, 4) is 11.5 Å². The number of hydrogen-bond acceptors (Lipinski definition) is 7. The van der Waals surface area contributed by atoms with E-state index in [9.17, 15) is 4.79 Å². The van der Waals surface area contributed by atoms with Crippen LogP contribution >= 0.6 is 0 Å². The van der Waals surface area contributed by atoms with E-state index in [0.717, 1.165) is 64.6 Å². The molecular formula is C27H27N5O3. The van der Waals surface area contributed by atoms with E-state index in [1.165, 1.54) is 0 Å². The third-order valence-electron chi connectivity index (χ3n) is 5.96. The molecule has 1 aliphatic heterocycles. The van der Waals surface area contributed by atoms with Crippen molar-refractivity contribution in [2.45, 2.75) is 20.0 Å². The van der Waals surface area contributed by atoms with Gasteiger partial charge in [0.1, 0.15) is 28.7 Å². The average molecular weight is 470 g/mol. The molecule has 0 saturated heterocycles. The van der Waals surface area contributed by atoms with Gasteiger partial charge in [-0.1, -0.05) is 0 Å². The molecule has 5 rings (SSSR count). The van der Waals surface area contributed by atoms with Crippen LogP contribution in [0.2, 0.25) is 0 Å². The normalized spacial score (nSPS) is 13.3. The quantitative estimate of drug-likeness (QED) is 0.401. The van der Waals surface area contributed by atoms with Gasteiger partial charge in [0.05, 0.1) is 6.54 Å². The van der Waals surface area contributed by atoms with Crippen LogP contribution in [0.15, 0.2) is 65.5 Å². The zero-order valence-electron chi connectivity index (χ0n) is 19.7. The van der Waals surface area contributed by atoms with Crippen molar-refractivity contribution in [1.82, 2.24) is 20.2 Å². The average Bonchev–Trinajstić information content (AvgIpc) is 3.03. The van der Waals surface area contributed by atoms with Crippen molar-refractivity contribution in [1.29, 1.82) is 0 Å². The van der Waals surface area contributed by atoms with Crippen LogP contribution in [-0.4, -0.2) is 40.9 Å². The first-order valence-corrected chi connectivity index (χ1v) is 11.5. The molecular weight excluding hydrogens is 442 g/mol. The number of carbonyl (C=O) groups is 1. The number of furan rings is 1. The van der Waals surface area contributed by atoms with Crippen LogP contribution in [0.1, 0.15) is 22.5 Å². The van der Waals surface area contributed by atoms with Gasteiger partial charge in [0.2, 0.25) is 5.91 Å². The Balaban J connectivity index is 1.27. The van der Waals surface area contributed by atoms with Crippen LogP contribution < -0.4 is 15.4 Å². The molecule has 35 heavy (non-hydrogen) atoms. The molecule has 1 aliphatic rings. The van der Waals surface area contributed by atoms with Gasteiger partial charge in [-0.25, -0.2) is 4.98 Å². The summed E-state index contributed by atoms with van der Waals surface area (Å²) >= 11 is 0. The van der Waals surface area contributed by atoms with Crippen LogP contribution in [0.5, 0.6) is 11.5 Å². The highest BCUT2D eigenvalue weighted by Crippen LogP contribution is 2.31. The molecule has 0 fully saturated rings. The molecule has 2 N–H and O–H groups in total. The minimum absolute atomic E-state index is 0.113. The fourth-order valence-electron chi connectivity index (χ4n) is 4.00. The van der Waals surface area contributed by atoms with E-state index in [2.05, 4.69) is 20.6 Å². The SMILES string of the molecule is Cc1c(CN(C)C(=O)/C=C/c2cnc3c(c2)CNCCN3)oc2ccc(Oc3ccncc3)cc12. The molecule has 3 aromatic heterocycles. The molecule has 4 heterocycles. The number of aromatic nitrogens is 2. The van der Waals surface area contributed by atoms with Crippen molar-refractivity contribution in [3.05, 3.63) is 83.5 Å². The van der Waals surface area contributed by atoms with Crippen molar-refractivity contribution < 1.29 is 13.9 Å². The fourth-order valence-corrected chi connectivity index (χ4v) is 4.00. The van der Waals surface area contributed by atoms with Crippen LogP contribution in [0.3, 0.4) is 0 Å². The largest absolute Gasteiger partial charge is 0.459 e. The zero-order valence-corrected chi connectivity index (χ0v) is 19.7. The summed E-state index contributed by atoms with van der Waals surface area (Å²) in [6, 6.07) is 11.4. The highest BCUT2D eigenvalue weighted by atomic mass is 16.5. The molecule has 0 bridgehead atoms. The molecule has 0 spiro atoms. The van der Waals surface area contributed by atoms with E-state index >= 15 is 0 Å². The third kappa shape index (κ3) is 5.17. The summed E-state index contributed by atoms with van der Waals surface area (Å²) in [6.07, 6.45) is 8.52. The molecule has 0 radical (unpaired) electrons. The van der Waals surface area contributed by atoms with E-state index in [1.54, 1.807) is 54.8 Å². The molecule has 0 unspecified atom stereocenters. The number of fused-ring (bicyclic) bond motifs is 2. The molecule has 178 valence electrons. The second kappa shape index (κ2) is 9.99. The number of rotatable bonds is 6. The van der Waals surface area contributed by atoms with Crippen LogP contribution in [0.4, 0.5) is 5.82 Å². The maximum Gasteiger partial charge on any atom is 0.246 e. The van der Waals surface area contributed by atoms with Crippen molar-refractivity contribution in [3.63, 3.8) is 0 Å². The molecule has 1 aromatic carbocycles. The van der Waals surface area contributed by atoms with Gasteiger partial charge in [0.25, 0.3) is 0 Å². The maximum absolute atomic E-state index is 12.8. The number of ether oxygens (including phenoxy) is 1. The second-order valence-electron chi connectivity index (χ2n) is 8.50. The Kier molecular flexibility index (Phi) is 6.45. The Hall–Kier alpha value is -4.17. The lowest BCUT2D eigenvalue weighted by Gasteiger charge is -2.14. The van der Waals surface area contributed by atoms with Gasteiger partial charge in [-0.2, -0.15) is 0 Å². The number of nitrogens with zero attached hydrogens (tertiary/aromatic N) is 3. The number of likely N-dealkylation sites (N-methyl/N-ethyl adjacent to an activating group) is 1. The van der Waals surface area contributed by atoms with Gasteiger partial charge < -0.3 is 24.7 Å². The van der Waals surface area contributed by atoms with E-state index in [4.69, 9.17) is 9.15 Å². The molecule has 0 aliphatic carbocycles. The Morgan fingerprint density at radius 3 is 2.89 bits per heavy atom.